The Morgan fingerprint density at radius 1 is 0.333 bits per heavy atom. The Morgan fingerprint density at radius 2 is 0.881 bits per heavy atom. The molecule has 6 aromatic carbocycles. The lowest BCUT2D eigenvalue weighted by molar-refractivity contribution is 1.41. The highest BCUT2D eigenvalue weighted by Gasteiger charge is 2.22. The van der Waals surface area contributed by atoms with Crippen LogP contribution in [0.25, 0.3) is 88.2 Å². The topological polar surface area (TPSA) is 25.8 Å². The van der Waals surface area contributed by atoms with Crippen LogP contribution >= 0.6 is 0 Å². The van der Waals surface area contributed by atoms with Crippen LogP contribution in [-0.2, 0) is 0 Å². The van der Waals surface area contributed by atoms with Gasteiger partial charge in [0, 0.05) is 23.2 Å². The molecule has 0 saturated carbocycles. The van der Waals surface area contributed by atoms with E-state index >= 15 is 0 Å². The monoisotopic (exact) mass is 532 g/mol. The Labute approximate surface area is 243 Å². The highest BCUT2D eigenvalue weighted by Crippen LogP contribution is 2.49. The third kappa shape index (κ3) is 3.52. The Hall–Kier alpha value is -5.60. The van der Waals surface area contributed by atoms with Gasteiger partial charge in [-0.2, -0.15) is 0 Å². The van der Waals surface area contributed by atoms with Crippen LogP contribution in [0.4, 0.5) is 0 Å². The van der Waals surface area contributed by atoms with E-state index in [1.807, 2.05) is 24.5 Å². The van der Waals surface area contributed by atoms with Crippen molar-refractivity contribution in [1.29, 1.82) is 0 Å². The van der Waals surface area contributed by atoms with Crippen molar-refractivity contribution in [2.45, 2.75) is 0 Å². The quantitative estimate of drug-likeness (QED) is 0.226. The highest BCUT2D eigenvalue weighted by atomic mass is 14.6. The fourth-order valence-corrected chi connectivity index (χ4v) is 6.69. The first-order valence-electron chi connectivity index (χ1n) is 14.3. The van der Waals surface area contributed by atoms with Gasteiger partial charge < -0.3 is 0 Å². The lowest BCUT2D eigenvalue weighted by Gasteiger charge is -2.15. The maximum Gasteiger partial charge on any atom is 0.0702 e. The maximum absolute atomic E-state index is 4.54. The van der Waals surface area contributed by atoms with Gasteiger partial charge in [-0.1, -0.05) is 78.9 Å². The molecular weight excluding hydrogens is 508 g/mol. The van der Waals surface area contributed by atoms with Crippen LogP contribution in [0, 0.1) is 0 Å². The van der Waals surface area contributed by atoms with Gasteiger partial charge in [0.2, 0.25) is 0 Å². The zero-order valence-corrected chi connectivity index (χ0v) is 22.8. The number of hydrogen-bond acceptors (Lipinski definition) is 2. The molecule has 2 heterocycles. The van der Waals surface area contributed by atoms with E-state index in [2.05, 4.69) is 131 Å². The van der Waals surface area contributed by atoms with Gasteiger partial charge in [0.05, 0.1) is 11.0 Å². The second kappa shape index (κ2) is 8.95. The molecule has 1 aliphatic rings. The lowest BCUT2D eigenvalue weighted by Crippen LogP contribution is -1.89. The van der Waals surface area contributed by atoms with Crippen LogP contribution in [0.2, 0.25) is 0 Å². The van der Waals surface area contributed by atoms with Gasteiger partial charge in [0.1, 0.15) is 0 Å². The second-order valence-electron chi connectivity index (χ2n) is 11.1. The fraction of sp³-hybridized carbons (Fsp3) is 0. The Balaban J connectivity index is 1.30. The van der Waals surface area contributed by atoms with Crippen LogP contribution in [0.15, 0.2) is 146 Å². The average molecular weight is 533 g/mol. The summed E-state index contributed by atoms with van der Waals surface area (Å²) in [5.74, 6) is 0. The van der Waals surface area contributed by atoms with Gasteiger partial charge in [-0.15, -0.1) is 0 Å². The predicted molar refractivity (Wildman–Crippen MR) is 175 cm³/mol. The summed E-state index contributed by atoms with van der Waals surface area (Å²) < 4.78 is 0. The molecule has 0 aliphatic heterocycles. The van der Waals surface area contributed by atoms with Crippen molar-refractivity contribution in [2.24, 2.45) is 0 Å². The van der Waals surface area contributed by atoms with Crippen LogP contribution < -0.4 is 0 Å². The third-order valence-corrected chi connectivity index (χ3v) is 8.66. The molecule has 0 bridgehead atoms. The molecule has 0 N–H and O–H groups in total. The largest absolute Gasteiger partial charge is 0.256 e. The van der Waals surface area contributed by atoms with E-state index in [9.17, 15) is 0 Å². The minimum Gasteiger partial charge on any atom is -0.256 e. The first-order chi connectivity index (χ1) is 20.8. The number of aromatic nitrogens is 2. The number of pyridine rings is 2. The van der Waals surface area contributed by atoms with Crippen LogP contribution in [0.5, 0.6) is 0 Å². The van der Waals surface area contributed by atoms with E-state index < -0.39 is 0 Å². The molecule has 0 atom stereocenters. The van der Waals surface area contributed by atoms with Crippen LogP contribution in [-0.4, -0.2) is 9.97 Å². The smallest absolute Gasteiger partial charge is 0.0702 e. The molecule has 2 heteroatoms. The minimum absolute atomic E-state index is 1.01. The molecule has 2 nitrogen and oxygen atoms in total. The Kier molecular flexibility index (Phi) is 4.93. The summed E-state index contributed by atoms with van der Waals surface area (Å²) in [6.07, 6.45) is 3.70. The van der Waals surface area contributed by atoms with Crippen molar-refractivity contribution in [3.05, 3.63) is 146 Å². The van der Waals surface area contributed by atoms with E-state index in [1.165, 1.54) is 66.4 Å². The minimum atomic E-state index is 1.01. The van der Waals surface area contributed by atoms with Crippen molar-refractivity contribution >= 4 is 32.6 Å². The normalized spacial score (nSPS) is 11.8. The summed E-state index contributed by atoms with van der Waals surface area (Å²) in [6, 6.07) is 48.5. The predicted octanol–water partition coefficient (Wildman–Crippen LogP) is 10.6. The SMILES string of the molecule is c1ccc2c(c1)-c1cccc3c(-c4cc(-c5ccc6ncccc6c5)cc(-c5ccc6ncccc6c5)c4)ccc-2c13. The Morgan fingerprint density at radius 3 is 1.52 bits per heavy atom. The molecule has 42 heavy (non-hydrogen) atoms. The van der Waals surface area contributed by atoms with Crippen molar-refractivity contribution in [3.63, 3.8) is 0 Å². The molecule has 0 radical (unpaired) electrons. The second-order valence-corrected chi connectivity index (χ2v) is 11.1. The summed E-state index contributed by atoms with van der Waals surface area (Å²) in [6.45, 7) is 0. The van der Waals surface area contributed by atoms with Gasteiger partial charge >= 0.3 is 0 Å². The molecule has 8 aromatic rings. The average Bonchev–Trinajstić information content (AvgIpc) is 3.39. The Bertz CT molecular complexity index is 2240. The van der Waals surface area contributed by atoms with E-state index in [0.29, 0.717) is 0 Å². The van der Waals surface area contributed by atoms with E-state index in [-0.39, 0.29) is 0 Å². The van der Waals surface area contributed by atoms with Gasteiger partial charge in [0.25, 0.3) is 0 Å². The summed E-state index contributed by atoms with van der Waals surface area (Å²) in [5, 5.41) is 4.91. The standard InChI is InChI=1S/C40H24N2/c1-2-9-34-33(8-1)36-11-3-10-35-32(14-15-37(34)40(35)36)31-23-29(25-12-16-38-27(20-25)6-4-18-41-38)22-30(24-31)26-13-17-39-28(21-26)7-5-19-42-39/h1-24H. The number of benzene rings is 6. The first-order valence-corrected chi connectivity index (χ1v) is 14.3. The zero-order chi connectivity index (χ0) is 27.6. The maximum atomic E-state index is 4.54. The molecule has 1 aliphatic carbocycles. The van der Waals surface area contributed by atoms with Gasteiger partial charge in [-0.05, 0) is 121 Å². The summed E-state index contributed by atoms with van der Waals surface area (Å²) >= 11 is 0. The summed E-state index contributed by atoms with van der Waals surface area (Å²) in [5.41, 5.74) is 14.5. The molecule has 0 fully saturated rings. The van der Waals surface area contributed by atoms with Gasteiger partial charge in [0.15, 0.2) is 0 Å². The van der Waals surface area contributed by atoms with E-state index in [1.54, 1.807) is 0 Å². The number of hydrogen-bond donors (Lipinski definition) is 0. The molecule has 2 aromatic heterocycles. The highest BCUT2D eigenvalue weighted by molar-refractivity contribution is 6.18. The molecule has 0 spiro atoms. The number of fused-ring (bicyclic) bond motifs is 5. The van der Waals surface area contributed by atoms with Crippen molar-refractivity contribution in [2.75, 3.05) is 0 Å². The number of nitrogens with zero attached hydrogens (tertiary/aromatic N) is 2. The molecular formula is C40H24N2. The first kappa shape index (κ1) is 23.1. The van der Waals surface area contributed by atoms with Crippen molar-refractivity contribution < 1.29 is 0 Å². The summed E-state index contributed by atoms with van der Waals surface area (Å²) in [7, 11) is 0. The lowest BCUT2D eigenvalue weighted by atomic mass is 9.89. The molecule has 0 unspecified atom stereocenters. The molecule has 194 valence electrons. The van der Waals surface area contributed by atoms with E-state index in [0.717, 1.165) is 21.8 Å². The zero-order valence-electron chi connectivity index (χ0n) is 22.8. The van der Waals surface area contributed by atoms with E-state index in [4.69, 9.17) is 0 Å². The van der Waals surface area contributed by atoms with Crippen molar-refractivity contribution in [1.82, 2.24) is 9.97 Å². The van der Waals surface area contributed by atoms with Crippen molar-refractivity contribution in [3.8, 4) is 55.6 Å². The molecule has 0 amide bonds. The summed E-state index contributed by atoms with van der Waals surface area (Å²) in [4.78, 5) is 9.09. The van der Waals surface area contributed by atoms with Crippen LogP contribution in [0.1, 0.15) is 0 Å². The third-order valence-electron chi connectivity index (χ3n) is 8.66. The van der Waals surface area contributed by atoms with Crippen LogP contribution in [0.3, 0.4) is 0 Å². The number of rotatable bonds is 3. The molecule has 0 saturated heterocycles. The fourth-order valence-electron chi connectivity index (χ4n) is 6.69. The van der Waals surface area contributed by atoms with Gasteiger partial charge in [-0.25, -0.2) is 0 Å². The van der Waals surface area contributed by atoms with Gasteiger partial charge in [-0.3, -0.25) is 9.97 Å². The molecule has 9 rings (SSSR count).